The van der Waals surface area contributed by atoms with Crippen LogP contribution in [0.1, 0.15) is 29.1 Å². The van der Waals surface area contributed by atoms with E-state index in [2.05, 4.69) is 36.3 Å². The van der Waals surface area contributed by atoms with Crippen LogP contribution in [0.25, 0.3) is 11.4 Å². The summed E-state index contributed by atoms with van der Waals surface area (Å²) in [6, 6.07) is 15.0. The summed E-state index contributed by atoms with van der Waals surface area (Å²) in [4.78, 5) is 34.6. The van der Waals surface area contributed by atoms with Gasteiger partial charge in [-0.05, 0) is 62.3 Å². The summed E-state index contributed by atoms with van der Waals surface area (Å²) in [7, 11) is 0. The molecule has 0 radical (unpaired) electrons. The molecule has 2 fully saturated rings. The van der Waals surface area contributed by atoms with Crippen molar-refractivity contribution >= 4 is 33.4 Å². The number of hydrogen-bond acceptors (Lipinski definition) is 7. The summed E-state index contributed by atoms with van der Waals surface area (Å²) < 4.78 is 11.8. The number of anilines is 1. The number of ether oxygens (including phenoxy) is 1. The summed E-state index contributed by atoms with van der Waals surface area (Å²) in [6.45, 7) is 4.25. The second kappa shape index (κ2) is 11.3. The first-order valence-corrected chi connectivity index (χ1v) is 12.9. The molecule has 5 rings (SSSR count). The Kier molecular flexibility index (Phi) is 7.74. The number of nitrogens with zero attached hydrogens (tertiary/aromatic N) is 4. The maximum absolute atomic E-state index is 13.0. The normalized spacial score (nSPS) is 17.2. The molecule has 9 nitrogen and oxygen atoms in total. The monoisotopic (exact) mass is 553 g/mol. The summed E-state index contributed by atoms with van der Waals surface area (Å²) in [6.07, 6.45) is 1.44. The average molecular weight is 554 g/mol. The molecule has 36 heavy (non-hydrogen) atoms. The van der Waals surface area contributed by atoms with E-state index < -0.39 is 0 Å². The van der Waals surface area contributed by atoms with Gasteiger partial charge in [0, 0.05) is 29.0 Å². The number of rotatable bonds is 6. The van der Waals surface area contributed by atoms with E-state index >= 15 is 0 Å². The van der Waals surface area contributed by atoms with E-state index in [4.69, 9.17) is 9.26 Å². The predicted molar refractivity (Wildman–Crippen MR) is 137 cm³/mol. The molecule has 3 heterocycles. The summed E-state index contributed by atoms with van der Waals surface area (Å²) in [5.74, 6) is 0.885. The molecule has 2 aliphatic rings. The largest absolute Gasteiger partial charge is 0.378 e. The van der Waals surface area contributed by atoms with E-state index in [0.29, 0.717) is 55.8 Å². The molecule has 2 aromatic carbocycles. The Morgan fingerprint density at radius 2 is 1.72 bits per heavy atom. The lowest BCUT2D eigenvalue weighted by Crippen LogP contribution is -2.41. The molecule has 2 amide bonds. The van der Waals surface area contributed by atoms with E-state index in [-0.39, 0.29) is 17.7 Å². The van der Waals surface area contributed by atoms with Gasteiger partial charge in [-0.3, -0.25) is 14.5 Å². The fourth-order valence-corrected chi connectivity index (χ4v) is 4.79. The number of aromatic nitrogens is 2. The number of carbonyl (C=O) groups excluding carboxylic acids is 2. The molecule has 0 unspecified atom stereocenters. The van der Waals surface area contributed by atoms with E-state index in [1.807, 2.05) is 36.4 Å². The topological polar surface area (TPSA) is 101 Å². The molecule has 1 N–H and O–H groups in total. The fraction of sp³-hybridized carbons (Fsp3) is 0.385. The van der Waals surface area contributed by atoms with E-state index in [0.717, 1.165) is 36.0 Å². The molecule has 2 saturated heterocycles. The molecule has 2 aliphatic heterocycles. The SMILES string of the molecule is O=C(Nc1ccccc1C(=O)N1CCOCC1)C1CCN(Cc2nc(-c3ccc(Br)cc3)no2)CC1. The minimum atomic E-state index is -0.117. The van der Waals surface area contributed by atoms with Gasteiger partial charge in [0.2, 0.25) is 17.6 Å². The van der Waals surface area contributed by atoms with Gasteiger partial charge in [0.1, 0.15) is 0 Å². The van der Waals surface area contributed by atoms with Gasteiger partial charge < -0.3 is 19.5 Å². The number of piperidine rings is 1. The Bertz CT molecular complexity index is 1200. The van der Waals surface area contributed by atoms with Crippen LogP contribution in [-0.2, 0) is 16.1 Å². The highest BCUT2D eigenvalue weighted by Gasteiger charge is 2.28. The van der Waals surface area contributed by atoms with Crippen molar-refractivity contribution in [2.75, 3.05) is 44.7 Å². The van der Waals surface area contributed by atoms with Crippen molar-refractivity contribution in [3.8, 4) is 11.4 Å². The quantitative estimate of drug-likeness (QED) is 0.495. The summed E-state index contributed by atoms with van der Waals surface area (Å²) >= 11 is 3.43. The van der Waals surface area contributed by atoms with Crippen molar-refractivity contribution in [3.05, 3.63) is 64.5 Å². The molecule has 1 aromatic heterocycles. The van der Waals surface area contributed by atoms with Crippen molar-refractivity contribution in [2.24, 2.45) is 5.92 Å². The first kappa shape index (κ1) is 24.6. The Morgan fingerprint density at radius 3 is 2.47 bits per heavy atom. The van der Waals surface area contributed by atoms with Crippen molar-refractivity contribution in [1.82, 2.24) is 19.9 Å². The van der Waals surface area contributed by atoms with Gasteiger partial charge in [-0.25, -0.2) is 0 Å². The van der Waals surface area contributed by atoms with Crippen LogP contribution < -0.4 is 5.32 Å². The highest BCUT2D eigenvalue weighted by atomic mass is 79.9. The Balaban J connectivity index is 1.14. The van der Waals surface area contributed by atoms with Crippen LogP contribution in [0.5, 0.6) is 0 Å². The van der Waals surface area contributed by atoms with Crippen molar-refractivity contribution in [1.29, 1.82) is 0 Å². The fourth-order valence-electron chi connectivity index (χ4n) is 4.53. The second-order valence-electron chi connectivity index (χ2n) is 9.01. The van der Waals surface area contributed by atoms with Crippen LogP contribution in [0.3, 0.4) is 0 Å². The Labute approximate surface area is 217 Å². The maximum atomic E-state index is 13.0. The lowest BCUT2D eigenvalue weighted by Gasteiger charge is -2.30. The molecule has 3 aromatic rings. The number of nitrogens with one attached hydrogen (secondary N) is 1. The lowest BCUT2D eigenvalue weighted by molar-refractivity contribution is -0.121. The van der Waals surface area contributed by atoms with Gasteiger partial charge in [0.05, 0.1) is 31.0 Å². The average Bonchev–Trinajstić information content (AvgIpc) is 3.38. The smallest absolute Gasteiger partial charge is 0.256 e. The summed E-state index contributed by atoms with van der Waals surface area (Å²) in [5.41, 5.74) is 1.98. The number of carbonyl (C=O) groups is 2. The molecule has 0 spiro atoms. The third kappa shape index (κ3) is 5.83. The second-order valence-corrected chi connectivity index (χ2v) is 9.92. The van der Waals surface area contributed by atoms with Gasteiger partial charge in [-0.2, -0.15) is 4.98 Å². The number of morpholine rings is 1. The van der Waals surface area contributed by atoms with Crippen molar-refractivity contribution in [3.63, 3.8) is 0 Å². The van der Waals surface area contributed by atoms with Crippen LogP contribution in [0.2, 0.25) is 0 Å². The van der Waals surface area contributed by atoms with Gasteiger partial charge in [0.25, 0.3) is 5.91 Å². The third-order valence-electron chi connectivity index (χ3n) is 6.60. The minimum absolute atomic E-state index is 0.0489. The lowest BCUT2D eigenvalue weighted by atomic mass is 9.95. The highest BCUT2D eigenvalue weighted by Crippen LogP contribution is 2.24. The van der Waals surface area contributed by atoms with Gasteiger partial charge in [0.15, 0.2) is 0 Å². The van der Waals surface area contributed by atoms with Crippen LogP contribution in [0, 0.1) is 5.92 Å². The van der Waals surface area contributed by atoms with Crippen LogP contribution >= 0.6 is 15.9 Å². The third-order valence-corrected chi connectivity index (χ3v) is 7.13. The van der Waals surface area contributed by atoms with E-state index in [1.54, 1.807) is 17.0 Å². The first-order chi connectivity index (χ1) is 17.6. The molecule has 188 valence electrons. The highest BCUT2D eigenvalue weighted by molar-refractivity contribution is 9.10. The molecule has 0 aliphatic carbocycles. The number of amides is 2. The molecule has 0 atom stereocenters. The van der Waals surface area contributed by atoms with Gasteiger partial charge in [-0.1, -0.05) is 33.2 Å². The number of para-hydroxylation sites is 1. The van der Waals surface area contributed by atoms with Gasteiger partial charge >= 0.3 is 0 Å². The van der Waals surface area contributed by atoms with Crippen molar-refractivity contribution in [2.45, 2.75) is 19.4 Å². The van der Waals surface area contributed by atoms with Crippen LogP contribution in [-0.4, -0.2) is 71.1 Å². The Hall–Kier alpha value is -3.08. The maximum Gasteiger partial charge on any atom is 0.256 e. The zero-order valence-electron chi connectivity index (χ0n) is 19.9. The molecular formula is C26H28BrN5O4. The predicted octanol–water partition coefficient (Wildman–Crippen LogP) is 3.82. The zero-order chi connectivity index (χ0) is 24.9. The van der Waals surface area contributed by atoms with Crippen LogP contribution in [0.15, 0.2) is 57.5 Å². The standard InChI is InChI=1S/C26H28BrN5O4/c27-20-7-5-18(6-8-20)24-29-23(36-30-24)17-31-11-9-19(10-12-31)25(33)28-22-4-2-1-3-21(22)26(34)32-13-15-35-16-14-32/h1-8,19H,9-17H2,(H,28,33). The van der Waals surface area contributed by atoms with Crippen LogP contribution in [0.4, 0.5) is 5.69 Å². The molecule has 10 heteroatoms. The number of halogens is 1. The molecule has 0 bridgehead atoms. The first-order valence-electron chi connectivity index (χ1n) is 12.1. The van der Waals surface area contributed by atoms with E-state index in [1.165, 1.54) is 0 Å². The molecular weight excluding hydrogens is 526 g/mol. The summed E-state index contributed by atoms with van der Waals surface area (Å²) in [5, 5.41) is 7.11. The number of benzene rings is 2. The zero-order valence-corrected chi connectivity index (χ0v) is 21.4. The van der Waals surface area contributed by atoms with Crippen molar-refractivity contribution < 1.29 is 18.8 Å². The van der Waals surface area contributed by atoms with Gasteiger partial charge in [-0.15, -0.1) is 0 Å². The van der Waals surface area contributed by atoms with E-state index in [9.17, 15) is 9.59 Å². The Morgan fingerprint density at radius 1 is 1.00 bits per heavy atom. The number of likely N-dealkylation sites (tertiary alicyclic amines) is 1. The minimum Gasteiger partial charge on any atom is -0.378 e. The molecule has 0 saturated carbocycles. The number of hydrogen-bond donors (Lipinski definition) is 1.